The zero-order valence-corrected chi connectivity index (χ0v) is 13.4. The first kappa shape index (κ1) is 15.8. The first-order chi connectivity index (χ1) is 10.1. The number of carbonyl (C=O) groups is 1. The molecule has 4 heteroatoms. The monoisotopic (exact) mass is 289 g/mol. The molecule has 2 N–H and O–H groups in total. The molecule has 116 valence electrons. The molecular weight excluding hydrogens is 262 g/mol. The summed E-state index contributed by atoms with van der Waals surface area (Å²) in [7, 11) is 1.85. The van der Waals surface area contributed by atoms with Gasteiger partial charge in [0, 0.05) is 25.3 Å². The molecule has 0 spiro atoms. The lowest BCUT2D eigenvalue weighted by Gasteiger charge is -2.29. The summed E-state index contributed by atoms with van der Waals surface area (Å²) >= 11 is 0. The fraction of sp³-hybridized carbons (Fsp3) is 0.588. The number of hydrogen-bond donors (Lipinski definition) is 2. The first-order valence-electron chi connectivity index (χ1n) is 7.92. The molecule has 1 atom stereocenters. The minimum absolute atomic E-state index is 0.00700. The van der Waals surface area contributed by atoms with Crippen molar-refractivity contribution >= 4 is 11.6 Å². The third-order valence-corrected chi connectivity index (χ3v) is 4.05. The van der Waals surface area contributed by atoms with E-state index in [2.05, 4.69) is 22.5 Å². The smallest absolute Gasteiger partial charge is 0.253 e. The van der Waals surface area contributed by atoms with Crippen molar-refractivity contribution in [1.82, 2.24) is 10.2 Å². The molecule has 21 heavy (non-hydrogen) atoms. The molecule has 4 nitrogen and oxygen atoms in total. The third-order valence-electron chi connectivity index (χ3n) is 4.05. The van der Waals surface area contributed by atoms with Crippen LogP contribution in [0.3, 0.4) is 0 Å². The number of aryl methyl sites for hydroxylation is 1. The van der Waals surface area contributed by atoms with Gasteiger partial charge in [0.05, 0.1) is 5.56 Å². The predicted octanol–water partition coefficient (Wildman–Crippen LogP) is 2.64. The molecule has 1 saturated heterocycles. The molecule has 1 unspecified atom stereocenters. The highest BCUT2D eigenvalue weighted by Crippen LogP contribution is 2.17. The third kappa shape index (κ3) is 4.46. The van der Waals surface area contributed by atoms with E-state index < -0.39 is 0 Å². The average molecular weight is 289 g/mol. The molecule has 1 aliphatic heterocycles. The minimum Gasteiger partial charge on any atom is -0.387 e. The summed E-state index contributed by atoms with van der Waals surface area (Å²) in [6.07, 6.45) is 3.90. The normalized spacial score (nSPS) is 17.3. The first-order valence-corrected chi connectivity index (χ1v) is 7.92. The van der Waals surface area contributed by atoms with Gasteiger partial charge in [-0.2, -0.15) is 0 Å². The van der Waals surface area contributed by atoms with Gasteiger partial charge in [0.1, 0.15) is 0 Å². The largest absolute Gasteiger partial charge is 0.387 e. The summed E-state index contributed by atoms with van der Waals surface area (Å²) < 4.78 is 0. The second kappa shape index (κ2) is 7.46. The summed E-state index contributed by atoms with van der Waals surface area (Å²) in [4.78, 5) is 14.9. The lowest BCUT2D eigenvalue weighted by molar-refractivity contribution is 0.0926. The van der Waals surface area contributed by atoms with Crippen molar-refractivity contribution in [1.29, 1.82) is 0 Å². The van der Waals surface area contributed by atoms with Crippen molar-refractivity contribution in [3.8, 4) is 0 Å². The number of rotatable bonds is 5. The van der Waals surface area contributed by atoms with Crippen LogP contribution >= 0.6 is 0 Å². The molecule has 1 fully saturated rings. The van der Waals surface area contributed by atoms with Crippen molar-refractivity contribution in [3.05, 3.63) is 29.3 Å². The summed E-state index contributed by atoms with van der Waals surface area (Å²) in [5.74, 6) is 0.00700. The number of carbonyl (C=O) groups excluding carboxylic acids is 1. The highest BCUT2D eigenvalue weighted by molar-refractivity contribution is 5.99. The maximum atomic E-state index is 12.5. The molecule has 0 aromatic heterocycles. The second-order valence-electron chi connectivity index (χ2n) is 6.03. The quantitative estimate of drug-likeness (QED) is 0.876. The summed E-state index contributed by atoms with van der Waals surface area (Å²) in [5, 5.41) is 6.21. The summed E-state index contributed by atoms with van der Waals surface area (Å²) in [6, 6.07) is 6.08. The maximum absolute atomic E-state index is 12.5. The Bertz CT molecular complexity index is 481. The Morgan fingerprint density at radius 3 is 2.67 bits per heavy atom. The van der Waals surface area contributed by atoms with Crippen molar-refractivity contribution in [2.45, 2.75) is 39.2 Å². The highest BCUT2D eigenvalue weighted by atomic mass is 16.1. The molecule has 1 aliphatic rings. The van der Waals surface area contributed by atoms with E-state index in [1.54, 1.807) is 0 Å². The predicted molar refractivity (Wildman–Crippen MR) is 87.9 cm³/mol. The molecule has 1 aromatic carbocycles. The number of piperidine rings is 1. The SMILES string of the molecule is CNc1ccc(C)cc1C(=O)NC(C)CN1CCCCC1. The maximum Gasteiger partial charge on any atom is 0.253 e. The summed E-state index contributed by atoms with van der Waals surface area (Å²) in [5.41, 5.74) is 2.70. The van der Waals surface area contributed by atoms with Crippen LogP contribution in [0.5, 0.6) is 0 Å². The Kier molecular flexibility index (Phi) is 5.62. The fourth-order valence-corrected chi connectivity index (χ4v) is 2.94. The lowest BCUT2D eigenvalue weighted by atomic mass is 10.1. The van der Waals surface area contributed by atoms with Gasteiger partial charge in [-0.3, -0.25) is 4.79 Å². The Labute approximate surface area is 127 Å². The van der Waals surface area contributed by atoms with E-state index in [-0.39, 0.29) is 11.9 Å². The zero-order chi connectivity index (χ0) is 15.2. The molecule has 1 amide bonds. The van der Waals surface area contributed by atoms with Crippen molar-refractivity contribution in [2.24, 2.45) is 0 Å². The molecule has 0 aliphatic carbocycles. The number of hydrogen-bond acceptors (Lipinski definition) is 3. The van der Waals surface area contributed by atoms with Gasteiger partial charge in [-0.25, -0.2) is 0 Å². The van der Waals surface area contributed by atoms with E-state index in [1.807, 2.05) is 32.2 Å². The van der Waals surface area contributed by atoms with Gasteiger partial charge in [-0.15, -0.1) is 0 Å². The van der Waals surface area contributed by atoms with E-state index in [1.165, 1.54) is 19.3 Å². The van der Waals surface area contributed by atoms with Crippen LogP contribution in [0.1, 0.15) is 42.1 Å². The average Bonchev–Trinajstić information content (AvgIpc) is 2.48. The summed E-state index contributed by atoms with van der Waals surface area (Å²) in [6.45, 7) is 7.35. The van der Waals surface area contributed by atoms with Crippen molar-refractivity contribution in [3.63, 3.8) is 0 Å². The number of anilines is 1. The van der Waals surface area contributed by atoms with Crippen molar-refractivity contribution in [2.75, 3.05) is 32.0 Å². The number of nitrogens with zero attached hydrogens (tertiary/aromatic N) is 1. The van der Waals surface area contributed by atoms with E-state index >= 15 is 0 Å². The molecule has 1 aromatic rings. The van der Waals surface area contributed by atoms with Crippen molar-refractivity contribution < 1.29 is 4.79 Å². The Morgan fingerprint density at radius 1 is 1.29 bits per heavy atom. The van der Waals surface area contributed by atoms with Crippen LogP contribution in [0, 0.1) is 6.92 Å². The minimum atomic E-state index is 0.00700. The van der Waals surface area contributed by atoms with Crippen LogP contribution in [-0.2, 0) is 0 Å². The van der Waals surface area contributed by atoms with Gasteiger partial charge in [-0.1, -0.05) is 18.1 Å². The molecule has 1 heterocycles. The van der Waals surface area contributed by atoms with E-state index in [9.17, 15) is 4.79 Å². The van der Waals surface area contributed by atoms with Gasteiger partial charge in [0.25, 0.3) is 5.91 Å². The van der Waals surface area contributed by atoms with Crippen LogP contribution in [0.2, 0.25) is 0 Å². The van der Waals surface area contributed by atoms with Gasteiger partial charge < -0.3 is 15.5 Å². The van der Waals surface area contributed by atoms with Crippen LogP contribution < -0.4 is 10.6 Å². The Hall–Kier alpha value is -1.55. The topological polar surface area (TPSA) is 44.4 Å². The lowest BCUT2D eigenvalue weighted by Crippen LogP contribution is -2.43. The van der Waals surface area contributed by atoms with Crippen LogP contribution in [0.15, 0.2) is 18.2 Å². The van der Waals surface area contributed by atoms with Crippen LogP contribution in [0.4, 0.5) is 5.69 Å². The molecule has 0 bridgehead atoms. The van der Waals surface area contributed by atoms with Crippen LogP contribution in [-0.4, -0.2) is 43.5 Å². The number of benzene rings is 1. The van der Waals surface area contributed by atoms with E-state index in [0.29, 0.717) is 0 Å². The zero-order valence-electron chi connectivity index (χ0n) is 13.4. The standard InChI is InChI=1S/C17H27N3O/c1-13-7-8-16(18-3)15(11-13)17(21)19-14(2)12-20-9-5-4-6-10-20/h7-8,11,14,18H,4-6,9-10,12H2,1-3H3,(H,19,21). The fourth-order valence-electron chi connectivity index (χ4n) is 2.94. The highest BCUT2D eigenvalue weighted by Gasteiger charge is 2.17. The van der Waals surface area contributed by atoms with E-state index in [0.717, 1.165) is 36.4 Å². The number of nitrogens with one attached hydrogen (secondary N) is 2. The number of amides is 1. The Balaban J connectivity index is 1.95. The number of likely N-dealkylation sites (tertiary alicyclic amines) is 1. The van der Waals surface area contributed by atoms with E-state index in [4.69, 9.17) is 0 Å². The van der Waals surface area contributed by atoms with Gasteiger partial charge in [0.2, 0.25) is 0 Å². The molecule has 0 radical (unpaired) electrons. The van der Waals surface area contributed by atoms with Gasteiger partial charge in [0.15, 0.2) is 0 Å². The molecular formula is C17H27N3O. The van der Waals surface area contributed by atoms with Gasteiger partial charge in [-0.05, 0) is 51.9 Å². The molecule has 2 rings (SSSR count). The Morgan fingerprint density at radius 2 is 2.00 bits per heavy atom. The molecule has 0 saturated carbocycles. The second-order valence-corrected chi connectivity index (χ2v) is 6.03. The van der Waals surface area contributed by atoms with Crippen LogP contribution in [0.25, 0.3) is 0 Å². The van der Waals surface area contributed by atoms with Gasteiger partial charge >= 0.3 is 0 Å².